The lowest BCUT2D eigenvalue weighted by Gasteiger charge is -2.16. The van der Waals surface area contributed by atoms with Crippen molar-refractivity contribution in [1.82, 2.24) is 15.3 Å². The van der Waals surface area contributed by atoms with Gasteiger partial charge < -0.3 is 15.0 Å². The van der Waals surface area contributed by atoms with Crippen LogP contribution in [0.5, 0.6) is 0 Å². The van der Waals surface area contributed by atoms with Crippen LogP contribution in [0.3, 0.4) is 0 Å². The molecule has 0 bridgehead atoms. The fourth-order valence-electron chi connectivity index (χ4n) is 2.18. The standard InChI is InChI=1S/C17H19N3O4S/c1-11-8-14(21)20-17(18-11)25-10-15(22)19-13(16(23)24-2)9-12-6-4-3-5-7-12/h3-8,13H,9-10H2,1-2H3,(H,19,22)(H,18,20,21)/t13-/m0/s1. The predicted octanol–water partition coefficient (Wildman–Crippen LogP) is 1.07. The zero-order valence-electron chi connectivity index (χ0n) is 13.9. The number of thioether (sulfide) groups is 1. The molecule has 0 unspecified atom stereocenters. The molecule has 1 atom stereocenters. The summed E-state index contributed by atoms with van der Waals surface area (Å²) in [6.45, 7) is 1.70. The first-order chi connectivity index (χ1) is 12.0. The zero-order valence-corrected chi connectivity index (χ0v) is 14.8. The fraction of sp³-hybridized carbons (Fsp3) is 0.294. The summed E-state index contributed by atoms with van der Waals surface area (Å²) < 4.78 is 4.76. The third kappa shape index (κ3) is 6.07. The Morgan fingerprint density at radius 1 is 1.32 bits per heavy atom. The van der Waals surface area contributed by atoms with Crippen molar-refractivity contribution in [3.05, 3.63) is 58.0 Å². The summed E-state index contributed by atoms with van der Waals surface area (Å²) in [5, 5.41) is 3.02. The third-order valence-electron chi connectivity index (χ3n) is 3.29. The summed E-state index contributed by atoms with van der Waals surface area (Å²) in [6.07, 6.45) is 0.337. The molecule has 132 valence electrons. The first kappa shape index (κ1) is 18.7. The van der Waals surface area contributed by atoms with Crippen LogP contribution in [0, 0.1) is 6.92 Å². The van der Waals surface area contributed by atoms with Gasteiger partial charge in [0.05, 0.1) is 12.9 Å². The van der Waals surface area contributed by atoms with Crippen LogP contribution in [0.25, 0.3) is 0 Å². The number of nitrogens with one attached hydrogen (secondary N) is 2. The maximum atomic E-state index is 12.1. The fourth-order valence-corrected chi connectivity index (χ4v) is 2.91. The number of hydrogen-bond acceptors (Lipinski definition) is 6. The molecule has 2 N–H and O–H groups in total. The van der Waals surface area contributed by atoms with Crippen LogP contribution in [0.15, 0.2) is 46.3 Å². The topological polar surface area (TPSA) is 101 Å². The van der Waals surface area contributed by atoms with Crippen molar-refractivity contribution in [3.8, 4) is 0 Å². The van der Waals surface area contributed by atoms with Gasteiger partial charge in [0.25, 0.3) is 5.56 Å². The molecule has 0 saturated carbocycles. The third-order valence-corrected chi connectivity index (χ3v) is 4.16. The average molecular weight is 361 g/mol. The Labute approximate surface area is 149 Å². The van der Waals surface area contributed by atoms with Crippen LogP contribution in [-0.4, -0.2) is 40.7 Å². The number of ether oxygens (including phenoxy) is 1. The van der Waals surface area contributed by atoms with Gasteiger partial charge in [0.1, 0.15) is 6.04 Å². The summed E-state index contributed by atoms with van der Waals surface area (Å²) in [4.78, 5) is 42.1. The van der Waals surface area contributed by atoms with Crippen molar-refractivity contribution in [2.45, 2.75) is 24.5 Å². The van der Waals surface area contributed by atoms with E-state index in [-0.39, 0.29) is 17.2 Å². The molecule has 2 aromatic rings. The van der Waals surface area contributed by atoms with E-state index >= 15 is 0 Å². The minimum Gasteiger partial charge on any atom is -0.467 e. The number of nitrogens with zero attached hydrogens (tertiary/aromatic N) is 1. The van der Waals surface area contributed by atoms with E-state index in [0.29, 0.717) is 17.3 Å². The van der Waals surface area contributed by atoms with Crippen molar-refractivity contribution in [3.63, 3.8) is 0 Å². The maximum absolute atomic E-state index is 12.1. The largest absolute Gasteiger partial charge is 0.467 e. The van der Waals surface area contributed by atoms with E-state index < -0.39 is 12.0 Å². The number of aromatic amines is 1. The molecule has 0 spiro atoms. The second kappa shape index (κ2) is 9.03. The van der Waals surface area contributed by atoms with Gasteiger partial charge >= 0.3 is 5.97 Å². The van der Waals surface area contributed by atoms with Crippen LogP contribution in [-0.2, 0) is 20.7 Å². The SMILES string of the molecule is COC(=O)[C@H](Cc1ccccc1)NC(=O)CSc1nc(C)cc(=O)[nH]1. The molecule has 7 nitrogen and oxygen atoms in total. The number of esters is 1. The van der Waals surface area contributed by atoms with Crippen LogP contribution in [0.4, 0.5) is 0 Å². The molecule has 25 heavy (non-hydrogen) atoms. The van der Waals surface area contributed by atoms with Gasteiger partial charge in [0, 0.05) is 18.2 Å². The van der Waals surface area contributed by atoms with Crippen LogP contribution >= 0.6 is 11.8 Å². The van der Waals surface area contributed by atoms with Gasteiger partial charge in [0.2, 0.25) is 5.91 Å². The van der Waals surface area contributed by atoms with Crippen LogP contribution in [0.2, 0.25) is 0 Å². The maximum Gasteiger partial charge on any atom is 0.328 e. The predicted molar refractivity (Wildman–Crippen MR) is 94.4 cm³/mol. The minimum absolute atomic E-state index is 0.0225. The summed E-state index contributed by atoms with van der Waals surface area (Å²) in [7, 11) is 1.28. The molecule has 0 saturated heterocycles. The van der Waals surface area contributed by atoms with E-state index in [4.69, 9.17) is 4.74 Å². The van der Waals surface area contributed by atoms with E-state index in [1.807, 2.05) is 30.3 Å². The molecule has 0 aliphatic carbocycles. The van der Waals surface area contributed by atoms with Gasteiger partial charge in [-0.25, -0.2) is 9.78 Å². The summed E-state index contributed by atoms with van der Waals surface area (Å²) in [5.41, 5.74) is 1.21. The molecule has 0 radical (unpaired) electrons. The molecule has 0 aliphatic heterocycles. The van der Waals surface area contributed by atoms with E-state index in [2.05, 4.69) is 15.3 Å². The molecule has 1 aromatic heterocycles. The lowest BCUT2D eigenvalue weighted by Crippen LogP contribution is -2.43. The van der Waals surface area contributed by atoms with E-state index in [1.54, 1.807) is 6.92 Å². The number of carbonyl (C=O) groups excluding carboxylic acids is 2. The quantitative estimate of drug-likeness (QED) is 0.435. The molecule has 1 aromatic carbocycles. The Bertz CT molecular complexity index is 792. The van der Waals surface area contributed by atoms with Gasteiger partial charge in [-0.15, -0.1) is 0 Å². The number of carbonyl (C=O) groups is 2. The number of aryl methyl sites for hydroxylation is 1. The van der Waals surface area contributed by atoms with E-state index in [9.17, 15) is 14.4 Å². The molecule has 0 fully saturated rings. The molecule has 1 heterocycles. The highest BCUT2D eigenvalue weighted by atomic mass is 32.2. The number of amides is 1. The second-order valence-corrected chi connectivity index (χ2v) is 6.28. The zero-order chi connectivity index (χ0) is 18.2. The Hall–Kier alpha value is -2.61. The molecule has 8 heteroatoms. The average Bonchev–Trinajstić information content (AvgIpc) is 2.59. The molecule has 2 rings (SSSR count). The highest BCUT2D eigenvalue weighted by Crippen LogP contribution is 2.11. The number of rotatable bonds is 7. The first-order valence-electron chi connectivity index (χ1n) is 7.60. The first-order valence-corrected chi connectivity index (χ1v) is 8.58. The van der Waals surface area contributed by atoms with E-state index in [1.165, 1.54) is 13.2 Å². The summed E-state index contributed by atoms with van der Waals surface area (Å²) >= 11 is 1.09. The van der Waals surface area contributed by atoms with Gasteiger partial charge in [-0.2, -0.15) is 0 Å². The highest BCUT2D eigenvalue weighted by molar-refractivity contribution is 7.99. The monoisotopic (exact) mass is 361 g/mol. The number of benzene rings is 1. The number of H-pyrrole nitrogens is 1. The van der Waals surface area contributed by atoms with E-state index in [0.717, 1.165) is 17.3 Å². The van der Waals surface area contributed by atoms with Crippen LogP contribution < -0.4 is 10.9 Å². The minimum atomic E-state index is -0.773. The highest BCUT2D eigenvalue weighted by Gasteiger charge is 2.22. The molecular formula is C17H19N3O4S. The normalized spacial score (nSPS) is 11.6. The molecule has 1 amide bonds. The lowest BCUT2D eigenvalue weighted by molar-refractivity contribution is -0.144. The second-order valence-electron chi connectivity index (χ2n) is 5.31. The van der Waals surface area contributed by atoms with Crippen molar-refractivity contribution in [2.24, 2.45) is 0 Å². The number of aromatic nitrogens is 2. The number of hydrogen-bond donors (Lipinski definition) is 2. The smallest absolute Gasteiger partial charge is 0.328 e. The summed E-state index contributed by atoms with van der Waals surface area (Å²) in [6, 6.07) is 9.95. The Morgan fingerprint density at radius 3 is 2.68 bits per heavy atom. The Kier molecular flexibility index (Phi) is 6.76. The number of methoxy groups -OCH3 is 1. The summed E-state index contributed by atoms with van der Waals surface area (Å²) in [5.74, 6) is -0.834. The Morgan fingerprint density at radius 2 is 2.04 bits per heavy atom. The van der Waals surface area contributed by atoms with Crippen LogP contribution in [0.1, 0.15) is 11.3 Å². The van der Waals surface area contributed by atoms with Gasteiger partial charge in [-0.1, -0.05) is 42.1 Å². The Balaban J connectivity index is 1.96. The van der Waals surface area contributed by atoms with Crippen molar-refractivity contribution in [1.29, 1.82) is 0 Å². The van der Waals surface area contributed by atoms with Crippen molar-refractivity contribution < 1.29 is 14.3 Å². The van der Waals surface area contributed by atoms with Gasteiger partial charge in [0.15, 0.2) is 5.16 Å². The van der Waals surface area contributed by atoms with Gasteiger partial charge in [-0.05, 0) is 12.5 Å². The molecule has 0 aliphatic rings. The van der Waals surface area contributed by atoms with Crippen molar-refractivity contribution in [2.75, 3.05) is 12.9 Å². The van der Waals surface area contributed by atoms with Gasteiger partial charge in [-0.3, -0.25) is 9.59 Å². The lowest BCUT2D eigenvalue weighted by atomic mass is 10.1. The van der Waals surface area contributed by atoms with Crippen molar-refractivity contribution >= 4 is 23.6 Å². The molecular weight excluding hydrogens is 342 g/mol.